The molecule has 0 spiro atoms. The highest BCUT2D eigenvalue weighted by molar-refractivity contribution is 5.62. The summed E-state index contributed by atoms with van der Waals surface area (Å²) >= 11 is 0. The van der Waals surface area contributed by atoms with Crippen molar-refractivity contribution < 1.29 is 46.0 Å². The highest BCUT2D eigenvalue weighted by atomic mass is 19.4. The second-order valence-electron chi connectivity index (χ2n) is 9.52. The third kappa shape index (κ3) is 3.93. The van der Waals surface area contributed by atoms with Gasteiger partial charge in [0.25, 0.3) is 0 Å². The molecule has 12 heteroatoms. The standard InChI is InChI=1S/C26H20F6N2O4/c1-23-8-9-24(38-23,10-11-37-17-6-3-15(4-7-17)25(27,28)29)20-19(23)21(35)34(22(20)36)16-5-2-14(13-33)18(12-16)26(30,31)32/h2-7,12,35-36H,8-11H2,1H3/t23-,24-/m1/s1. The number of halogens is 6. The molecule has 38 heavy (non-hydrogen) atoms. The Balaban J connectivity index is 1.47. The first kappa shape index (κ1) is 25.8. The third-order valence-electron chi connectivity index (χ3n) is 7.18. The van der Waals surface area contributed by atoms with E-state index >= 15 is 0 Å². The van der Waals surface area contributed by atoms with Gasteiger partial charge in [0, 0.05) is 6.42 Å². The van der Waals surface area contributed by atoms with Gasteiger partial charge in [0.05, 0.1) is 51.8 Å². The topological polar surface area (TPSA) is 87.6 Å². The van der Waals surface area contributed by atoms with Gasteiger partial charge in [-0.3, -0.25) is 4.57 Å². The fraction of sp³-hybridized carbons (Fsp3) is 0.346. The summed E-state index contributed by atoms with van der Waals surface area (Å²) in [6.45, 7) is 1.68. The molecule has 2 bridgehead atoms. The summed E-state index contributed by atoms with van der Waals surface area (Å²) in [6, 6.07) is 8.46. The van der Waals surface area contributed by atoms with Crippen LogP contribution in [-0.2, 0) is 28.3 Å². The number of hydrogen-bond acceptors (Lipinski definition) is 5. The fourth-order valence-corrected chi connectivity index (χ4v) is 5.43. The zero-order chi connectivity index (χ0) is 27.7. The maximum atomic E-state index is 13.5. The Kier molecular flexibility index (Phi) is 5.65. The van der Waals surface area contributed by atoms with Gasteiger partial charge in [-0.05, 0) is 62.2 Å². The van der Waals surface area contributed by atoms with Crippen LogP contribution in [0.3, 0.4) is 0 Å². The monoisotopic (exact) mass is 538 g/mol. The molecule has 3 heterocycles. The van der Waals surface area contributed by atoms with E-state index in [1.165, 1.54) is 24.3 Å². The van der Waals surface area contributed by atoms with Crippen molar-refractivity contribution in [1.29, 1.82) is 5.26 Å². The van der Waals surface area contributed by atoms with E-state index in [-0.39, 0.29) is 35.6 Å². The number of hydrogen-bond donors (Lipinski definition) is 2. The van der Waals surface area contributed by atoms with Crippen molar-refractivity contribution in [2.24, 2.45) is 0 Å². The molecule has 3 aromatic rings. The van der Waals surface area contributed by atoms with E-state index in [1.807, 2.05) is 0 Å². The quantitative estimate of drug-likeness (QED) is 0.362. The van der Waals surface area contributed by atoms with Gasteiger partial charge in [-0.15, -0.1) is 0 Å². The molecule has 1 saturated heterocycles. The third-order valence-corrected chi connectivity index (χ3v) is 7.18. The predicted molar refractivity (Wildman–Crippen MR) is 120 cm³/mol. The lowest BCUT2D eigenvalue weighted by atomic mass is 9.78. The first-order valence-corrected chi connectivity index (χ1v) is 11.5. The number of nitrogens with zero attached hydrogens (tertiary/aromatic N) is 2. The number of aromatic nitrogens is 1. The molecule has 0 saturated carbocycles. The largest absolute Gasteiger partial charge is 0.494 e. The Labute approximate surface area is 212 Å². The molecule has 1 fully saturated rings. The first-order chi connectivity index (χ1) is 17.7. The Morgan fingerprint density at radius 2 is 1.63 bits per heavy atom. The molecule has 2 aromatic carbocycles. The number of alkyl halides is 6. The van der Waals surface area contributed by atoms with Crippen molar-refractivity contribution in [3.63, 3.8) is 0 Å². The number of ether oxygens (including phenoxy) is 2. The highest BCUT2D eigenvalue weighted by Crippen LogP contribution is 2.65. The molecule has 2 aliphatic heterocycles. The molecule has 200 valence electrons. The van der Waals surface area contributed by atoms with Crippen LogP contribution in [0.15, 0.2) is 42.5 Å². The average Bonchev–Trinajstić information content (AvgIpc) is 3.42. The van der Waals surface area contributed by atoms with Crippen molar-refractivity contribution in [1.82, 2.24) is 4.57 Å². The maximum absolute atomic E-state index is 13.5. The molecule has 6 nitrogen and oxygen atoms in total. The number of rotatable bonds is 5. The van der Waals surface area contributed by atoms with Crippen LogP contribution in [0.5, 0.6) is 17.5 Å². The Bertz CT molecular complexity index is 1450. The lowest BCUT2D eigenvalue weighted by molar-refractivity contribution is -0.138. The van der Waals surface area contributed by atoms with Gasteiger partial charge < -0.3 is 19.7 Å². The van der Waals surface area contributed by atoms with Crippen molar-refractivity contribution in [2.75, 3.05) is 6.61 Å². The van der Waals surface area contributed by atoms with Crippen LogP contribution < -0.4 is 4.74 Å². The normalized spacial score (nSPS) is 22.4. The van der Waals surface area contributed by atoms with Crippen molar-refractivity contribution in [2.45, 2.75) is 49.7 Å². The molecule has 2 atom stereocenters. The van der Waals surface area contributed by atoms with Gasteiger partial charge in [-0.1, -0.05) is 0 Å². The van der Waals surface area contributed by atoms with Gasteiger partial charge in [0.2, 0.25) is 11.8 Å². The highest BCUT2D eigenvalue weighted by Gasteiger charge is 2.61. The summed E-state index contributed by atoms with van der Waals surface area (Å²) in [5.74, 6) is -0.799. The second-order valence-corrected chi connectivity index (χ2v) is 9.52. The average molecular weight is 538 g/mol. The summed E-state index contributed by atoms with van der Waals surface area (Å²) in [6.07, 6.45) is -8.33. The SMILES string of the molecule is C[C@]12CC[C@](CCOc3ccc(C(F)(F)F)cc3)(O1)c1c2c(O)n(-c2ccc(C#N)c(C(F)(F)F)c2)c1O. The minimum atomic E-state index is -4.84. The Morgan fingerprint density at radius 3 is 2.24 bits per heavy atom. The van der Waals surface area contributed by atoms with Crippen LogP contribution in [0.2, 0.25) is 0 Å². The summed E-state index contributed by atoms with van der Waals surface area (Å²) in [5, 5.41) is 31.3. The number of fused-ring (bicyclic) bond motifs is 5. The van der Waals surface area contributed by atoms with E-state index in [9.17, 15) is 36.6 Å². The molecule has 0 aliphatic carbocycles. The van der Waals surface area contributed by atoms with E-state index in [4.69, 9.17) is 14.7 Å². The van der Waals surface area contributed by atoms with Gasteiger partial charge >= 0.3 is 12.4 Å². The van der Waals surface area contributed by atoms with Gasteiger partial charge in [0.15, 0.2) is 0 Å². The Morgan fingerprint density at radius 1 is 0.974 bits per heavy atom. The molecular formula is C26H20F6N2O4. The van der Waals surface area contributed by atoms with Gasteiger partial charge in [-0.2, -0.15) is 31.6 Å². The maximum Gasteiger partial charge on any atom is 0.417 e. The molecule has 0 unspecified atom stereocenters. The molecule has 0 amide bonds. The van der Waals surface area contributed by atoms with Crippen LogP contribution in [0.1, 0.15) is 54.0 Å². The van der Waals surface area contributed by atoms with Gasteiger partial charge in [0.1, 0.15) is 11.4 Å². The first-order valence-electron chi connectivity index (χ1n) is 11.5. The second kappa shape index (κ2) is 8.33. The van der Waals surface area contributed by atoms with Gasteiger partial charge in [-0.25, -0.2) is 0 Å². The minimum Gasteiger partial charge on any atom is -0.494 e. The summed E-state index contributed by atoms with van der Waals surface area (Å²) < 4.78 is 91.7. The lowest BCUT2D eigenvalue weighted by Gasteiger charge is -2.26. The fourth-order valence-electron chi connectivity index (χ4n) is 5.43. The van der Waals surface area contributed by atoms with Crippen LogP contribution in [0, 0.1) is 11.3 Å². The van der Waals surface area contributed by atoms with E-state index in [2.05, 4.69) is 0 Å². The lowest BCUT2D eigenvalue weighted by Crippen LogP contribution is -2.25. The van der Waals surface area contributed by atoms with E-state index in [1.54, 1.807) is 6.92 Å². The smallest absolute Gasteiger partial charge is 0.417 e. The number of nitriles is 1. The van der Waals surface area contributed by atoms with Crippen LogP contribution in [0.4, 0.5) is 26.3 Å². The molecule has 1 aromatic heterocycles. The molecule has 5 rings (SSSR count). The zero-order valence-electron chi connectivity index (χ0n) is 19.7. The van der Waals surface area contributed by atoms with E-state index in [0.29, 0.717) is 18.9 Å². The molecule has 0 radical (unpaired) electrons. The zero-order valence-corrected chi connectivity index (χ0v) is 19.7. The Hall–Kier alpha value is -3.85. The summed E-state index contributed by atoms with van der Waals surface area (Å²) in [4.78, 5) is 0. The van der Waals surface area contributed by atoms with E-state index in [0.717, 1.165) is 22.8 Å². The minimum absolute atomic E-state index is 0.0125. The van der Waals surface area contributed by atoms with Crippen LogP contribution >= 0.6 is 0 Å². The van der Waals surface area contributed by atoms with Crippen molar-refractivity contribution in [3.8, 4) is 29.3 Å². The van der Waals surface area contributed by atoms with Crippen molar-refractivity contribution in [3.05, 3.63) is 70.3 Å². The molecule has 2 N–H and O–H groups in total. The molecular weight excluding hydrogens is 518 g/mol. The van der Waals surface area contributed by atoms with Crippen molar-refractivity contribution >= 4 is 0 Å². The predicted octanol–water partition coefficient (Wildman–Crippen LogP) is 6.50. The number of aromatic hydroxyl groups is 2. The van der Waals surface area contributed by atoms with Crippen LogP contribution in [-0.4, -0.2) is 21.4 Å². The summed E-state index contributed by atoms with van der Waals surface area (Å²) in [7, 11) is 0. The molecule has 2 aliphatic rings. The van der Waals surface area contributed by atoms with Crippen LogP contribution in [0.25, 0.3) is 5.69 Å². The number of benzene rings is 2. The summed E-state index contributed by atoms with van der Waals surface area (Å²) in [5.41, 5.74) is -4.54. The van der Waals surface area contributed by atoms with E-state index < -0.39 is 52.0 Å².